The number of amides is 1. The van der Waals surface area contributed by atoms with Crippen molar-refractivity contribution in [3.8, 4) is 5.75 Å². The summed E-state index contributed by atoms with van der Waals surface area (Å²) in [5.74, 6) is -2.32. The quantitative estimate of drug-likeness (QED) is 0.548. The molecule has 158 valence electrons. The minimum absolute atomic E-state index is 0.461. The van der Waals surface area contributed by atoms with Crippen molar-refractivity contribution in [1.29, 1.82) is 0 Å². The van der Waals surface area contributed by atoms with E-state index in [0.29, 0.717) is 12.3 Å². The first kappa shape index (κ1) is 21.4. The minimum atomic E-state index is -4.13. The Hall–Kier alpha value is -3.33. The molecule has 3 rings (SSSR count). The van der Waals surface area contributed by atoms with E-state index in [1.807, 2.05) is 55.5 Å². The molecule has 0 saturated carbocycles. The molecule has 30 heavy (non-hydrogen) atoms. The molecule has 0 aliphatic rings. The van der Waals surface area contributed by atoms with Crippen LogP contribution in [0.1, 0.15) is 11.3 Å². The number of hydrogen-bond donors (Lipinski definition) is 1. The monoisotopic (exact) mass is 430 g/mol. The van der Waals surface area contributed by atoms with E-state index in [2.05, 4.69) is 9.30 Å². The molecule has 0 radical (unpaired) electrons. The van der Waals surface area contributed by atoms with Gasteiger partial charge in [0.25, 0.3) is 5.91 Å². The predicted molar refractivity (Wildman–Crippen MR) is 112 cm³/mol. The fourth-order valence-electron chi connectivity index (χ4n) is 3.09. The molecule has 1 aromatic heterocycles. The molecular weight excluding hydrogens is 408 g/mol. The number of ether oxygens (including phenoxy) is 2. The first-order valence-electron chi connectivity index (χ1n) is 9.15. The Kier molecular flexibility index (Phi) is 6.41. The van der Waals surface area contributed by atoms with E-state index in [4.69, 9.17) is 4.74 Å². The second kappa shape index (κ2) is 9.00. The third-order valence-electron chi connectivity index (χ3n) is 4.46. The summed E-state index contributed by atoms with van der Waals surface area (Å²) in [6, 6.07) is 17.5. The highest BCUT2D eigenvalue weighted by Gasteiger charge is 2.20. The van der Waals surface area contributed by atoms with Crippen LogP contribution in [0.3, 0.4) is 0 Å². The van der Waals surface area contributed by atoms with Crippen molar-refractivity contribution in [2.75, 3.05) is 19.5 Å². The summed E-state index contributed by atoms with van der Waals surface area (Å²) in [7, 11) is -3.07. The van der Waals surface area contributed by atoms with Crippen molar-refractivity contribution >= 4 is 32.8 Å². The molecular formula is C21H22N2O6S. The summed E-state index contributed by atoms with van der Waals surface area (Å²) >= 11 is 0. The molecule has 0 fully saturated rings. The number of nitrogens with zero attached hydrogens (tertiary/aromatic N) is 1. The summed E-state index contributed by atoms with van der Waals surface area (Å²) in [4.78, 5) is 23.1. The van der Waals surface area contributed by atoms with Gasteiger partial charge in [-0.25, -0.2) is 13.1 Å². The Morgan fingerprint density at radius 2 is 1.80 bits per heavy atom. The topological polar surface area (TPSA) is 104 Å². The standard InChI is InChI=1S/C21H22N2O6S/c1-15-11-17-18(23(15)12-16-7-4-3-5-8-16)9-6-10-19(17)29-13-20(24)22-30(26,27)14-21(25)28-2/h3-11H,12-14H2,1-2H3,(H,22,24). The van der Waals surface area contributed by atoms with E-state index in [-0.39, 0.29) is 0 Å². The van der Waals surface area contributed by atoms with Gasteiger partial charge in [-0.2, -0.15) is 0 Å². The number of aryl methyl sites for hydroxylation is 1. The molecule has 0 unspecified atom stereocenters. The number of hydrogen-bond acceptors (Lipinski definition) is 6. The molecule has 0 aliphatic heterocycles. The van der Waals surface area contributed by atoms with Crippen LogP contribution in [-0.4, -0.2) is 44.3 Å². The van der Waals surface area contributed by atoms with Crippen molar-refractivity contribution < 1.29 is 27.5 Å². The molecule has 1 heterocycles. The minimum Gasteiger partial charge on any atom is -0.483 e. The largest absolute Gasteiger partial charge is 0.483 e. The SMILES string of the molecule is COC(=O)CS(=O)(=O)NC(=O)COc1cccc2c1cc(C)n2Cc1ccccc1. The summed E-state index contributed by atoms with van der Waals surface area (Å²) in [6.07, 6.45) is 0. The van der Waals surface area contributed by atoms with Gasteiger partial charge in [0, 0.05) is 17.6 Å². The summed E-state index contributed by atoms with van der Waals surface area (Å²) in [6.45, 7) is 2.16. The van der Waals surface area contributed by atoms with E-state index in [9.17, 15) is 18.0 Å². The van der Waals surface area contributed by atoms with Crippen molar-refractivity contribution in [2.45, 2.75) is 13.5 Å². The highest BCUT2D eigenvalue weighted by molar-refractivity contribution is 7.90. The Morgan fingerprint density at radius 3 is 2.50 bits per heavy atom. The number of carbonyl (C=O) groups excluding carboxylic acids is 2. The average molecular weight is 430 g/mol. The molecule has 0 spiro atoms. The maximum Gasteiger partial charge on any atom is 0.322 e. The first-order valence-corrected chi connectivity index (χ1v) is 10.8. The van der Waals surface area contributed by atoms with Gasteiger partial charge in [-0.15, -0.1) is 0 Å². The Labute approximate surface area is 174 Å². The maximum atomic E-state index is 12.0. The van der Waals surface area contributed by atoms with Crippen molar-refractivity contribution in [3.63, 3.8) is 0 Å². The molecule has 9 heteroatoms. The number of nitrogens with one attached hydrogen (secondary N) is 1. The van der Waals surface area contributed by atoms with Crippen LogP contribution < -0.4 is 9.46 Å². The molecule has 0 saturated heterocycles. The number of rotatable bonds is 8. The fourth-order valence-corrected chi connectivity index (χ4v) is 3.99. The van der Waals surface area contributed by atoms with Crippen LogP contribution in [0, 0.1) is 6.92 Å². The van der Waals surface area contributed by atoms with E-state index in [1.54, 1.807) is 10.8 Å². The Bertz CT molecular complexity index is 1170. The van der Waals surface area contributed by atoms with Crippen molar-refractivity contribution in [1.82, 2.24) is 9.29 Å². The Morgan fingerprint density at radius 1 is 1.07 bits per heavy atom. The second-order valence-corrected chi connectivity index (χ2v) is 8.42. The van der Waals surface area contributed by atoms with Gasteiger partial charge in [-0.05, 0) is 30.7 Å². The lowest BCUT2D eigenvalue weighted by molar-refractivity contribution is -0.137. The van der Waals surface area contributed by atoms with Crippen LogP contribution in [0.5, 0.6) is 5.75 Å². The zero-order valence-corrected chi connectivity index (χ0v) is 17.4. The highest BCUT2D eigenvalue weighted by atomic mass is 32.2. The van der Waals surface area contributed by atoms with Gasteiger partial charge >= 0.3 is 5.97 Å². The zero-order chi connectivity index (χ0) is 21.7. The van der Waals surface area contributed by atoms with Crippen LogP contribution in [0.2, 0.25) is 0 Å². The van der Waals surface area contributed by atoms with Crippen LogP contribution >= 0.6 is 0 Å². The maximum absolute atomic E-state index is 12.0. The summed E-state index contributed by atoms with van der Waals surface area (Å²) in [5, 5.41) is 0.816. The van der Waals surface area contributed by atoms with Crippen LogP contribution in [0.4, 0.5) is 0 Å². The van der Waals surface area contributed by atoms with Crippen LogP contribution in [0.15, 0.2) is 54.6 Å². The highest BCUT2D eigenvalue weighted by Crippen LogP contribution is 2.29. The number of sulfonamides is 1. The lowest BCUT2D eigenvalue weighted by Crippen LogP contribution is -2.38. The zero-order valence-electron chi connectivity index (χ0n) is 16.6. The number of benzene rings is 2. The van der Waals surface area contributed by atoms with Crippen LogP contribution in [0.25, 0.3) is 10.9 Å². The van der Waals surface area contributed by atoms with Gasteiger partial charge in [0.15, 0.2) is 12.4 Å². The van der Waals surface area contributed by atoms with Gasteiger partial charge < -0.3 is 14.0 Å². The van der Waals surface area contributed by atoms with E-state index < -0.39 is 34.3 Å². The van der Waals surface area contributed by atoms with E-state index in [0.717, 1.165) is 29.3 Å². The van der Waals surface area contributed by atoms with Gasteiger partial charge in [-0.3, -0.25) is 9.59 Å². The molecule has 8 nitrogen and oxygen atoms in total. The second-order valence-electron chi connectivity index (χ2n) is 6.70. The fraction of sp³-hybridized carbons (Fsp3) is 0.238. The average Bonchev–Trinajstić information content (AvgIpc) is 3.02. The smallest absolute Gasteiger partial charge is 0.322 e. The van der Waals surface area contributed by atoms with Crippen molar-refractivity contribution in [3.05, 3.63) is 65.9 Å². The van der Waals surface area contributed by atoms with Gasteiger partial charge in [-0.1, -0.05) is 36.4 Å². The Balaban J connectivity index is 1.73. The predicted octanol–water partition coefficient (Wildman–Crippen LogP) is 2.00. The molecule has 0 atom stereocenters. The summed E-state index contributed by atoms with van der Waals surface area (Å²) < 4.78 is 37.3. The molecule has 2 aromatic carbocycles. The van der Waals surface area contributed by atoms with Gasteiger partial charge in [0.2, 0.25) is 10.0 Å². The van der Waals surface area contributed by atoms with Crippen molar-refractivity contribution in [2.24, 2.45) is 0 Å². The normalized spacial score (nSPS) is 11.3. The molecule has 3 aromatic rings. The number of esters is 1. The molecule has 0 aliphatic carbocycles. The van der Waals surface area contributed by atoms with Gasteiger partial charge in [0.05, 0.1) is 12.6 Å². The number of methoxy groups -OCH3 is 1. The van der Waals surface area contributed by atoms with E-state index >= 15 is 0 Å². The third kappa shape index (κ3) is 5.18. The molecule has 0 bridgehead atoms. The summed E-state index contributed by atoms with van der Waals surface area (Å²) in [5.41, 5.74) is 3.11. The van der Waals surface area contributed by atoms with Crippen LogP contribution in [-0.2, 0) is 30.9 Å². The lowest BCUT2D eigenvalue weighted by atomic mass is 10.2. The number of carbonyl (C=O) groups is 2. The molecule has 1 N–H and O–H groups in total. The lowest BCUT2D eigenvalue weighted by Gasteiger charge is -2.10. The van der Waals surface area contributed by atoms with E-state index in [1.165, 1.54) is 0 Å². The first-order chi connectivity index (χ1) is 14.3. The third-order valence-corrected chi connectivity index (χ3v) is 5.61. The molecule has 1 amide bonds. The van der Waals surface area contributed by atoms with Gasteiger partial charge in [0.1, 0.15) is 5.75 Å². The number of fused-ring (bicyclic) bond motifs is 1. The number of aromatic nitrogens is 1.